The smallest absolute Gasteiger partial charge is 0.349 e. The molecule has 0 atom stereocenters. The Morgan fingerprint density at radius 2 is 1.82 bits per heavy atom. The Morgan fingerprint density at radius 1 is 1.20 bits per heavy atom. The standard InChI is InChI=1S/C29H33ClN2O6S2/c1-28(38-27(35)29(36,24-6-4-14-39-24)25-7-5-15-40-25)11-8-20(9-12-28)32(2)13-10-26(34)31-22-17-23(37-3)19(18-33)16-21(22)30/h4-7,14-18,20,36H,8-13H2,1-3H3,(H,31,34). The predicted octanol–water partition coefficient (Wildman–Crippen LogP) is 5.73. The fraction of sp³-hybridized carbons (Fsp3) is 0.414. The first-order valence-electron chi connectivity index (χ1n) is 13.0. The third-order valence-corrected chi connectivity index (χ3v) is 9.71. The van der Waals surface area contributed by atoms with Crippen LogP contribution in [0.3, 0.4) is 0 Å². The zero-order valence-corrected chi connectivity index (χ0v) is 25.0. The summed E-state index contributed by atoms with van der Waals surface area (Å²) in [5.41, 5.74) is -1.83. The zero-order chi connectivity index (χ0) is 28.9. The second-order valence-corrected chi connectivity index (χ2v) is 12.5. The number of rotatable bonds is 11. The highest BCUT2D eigenvalue weighted by Gasteiger charge is 2.47. The Labute approximate surface area is 246 Å². The van der Waals surface area contributed by atoms with Gasteiger partial charge in [0.1, 0.15) is 11.4 Å². The number of nitrogens with one attached hydrogen (secondary N) is 1. The van der Waals surface area contributed by atoms with E-state index in [9.17, 15) is 19.5 Å². The number of aldehydes is 1. The normalized spacial score (nSPS) is 19.3. The molecule has 214 valence electrons. The van der Waals surface area contributed by atoms with Crippen LogP contribution in [0.4, 0.5) is 5.69 Å². The first-order valence-corrected chi connectivity index (χ1v) is 15.1. The summed E-state index contributed by atoms with van der Waals surface area (Å²) in [7, 11) is 3.43. The van der Waals surface area contributed by atoms with Crippen molar-refractivity contribution in [2.45, 2.75) is 56.3 Å². The van der Waals surface area contributed by atoms with Gasteiger partial charge in [0, 0.05) is 25.1 Å². The molecule has 1 saturated carbocycles. The van der Waals surface area contributed by atoms with Gasteiger partial charge in [0.15, 0.2) is 6.29 Å². The molecule has 1 amide bonds. The first kappa shape index (κ1) is 30.2. The number of ether oxygens (including phenoxy) is 2. The lowest BCUT2D eigenvalue weighted by molar-refractivity contribution is -0.180. The minimum Gasteiger partial charge on any atom is -0.496 e. The maximum Gasteiger partial charge on any atom is 0.349 e. The number of hydrogen-bond donors (Lipinski definition) is 2. The van der Waals surface area contributed by atoms with Crippen LogP contribution >= 0.6 is 34.3 Å². The van der Waals surface area contributed by atoms with E-state index in [1.165, 1.54) is 41.9 Å². The Kier molecular flexibility index (Phi) is 9.68. The van der Waals surface area contributed by atoms with Gasteiger partial charge in [-0.25, -0.2) is 4.79 Å². The minimum atomic E-state index is -1.83. The third-order valence-electron chi connectivity index (χ3n) is 7.44. The lowest BCUT2D eigenvalue weighted by Crippen LogP contribution is -2.47. The summed E-state index contributed by atoms with van der Waals surface area (Å²) < 4.78 is 11.2. The molecule has 0 bridgehead atoms. The number of amides is 1. The van der Waals surface area contributed by atoms with Gasteiger partial charge < -0.3 is 24.8 Å². The van der Waals surface area contributed by atoms with Crippen molar-refractivity contribution in [1.29, 1.82) is 0 Å². The zero-order valence-electron chi connectivity index (χ0n) is 22.6. The third kappa shape index (κ3) is 6.58. The molecule has 1 fully saturated rings. The topological polar surface area (TPSA) is 105 Å². The van der Waals surface area contributed by atoms with Crippen molar-refractivity contribution in [1.82, 2.24) is 4.90 Å². The van der Waals surface area contributed by atoms with Crippen molar-refractivity contribution >= 4 is 58.1 Å². The summed E-state index contributed by atoms with van der Waals surface area (Å²) in [6, 6.07) is 10.3. The van der Waals surface area contributed by atoms with Gasteiger partial charge >= 0.3 is 5.97 Å². The Bertz CT molecular complexity index is 1290. The molecular weight excluding hydrogens is 572 g/mol. The molecule has 0 aliphatic heterocycles. The van der Waals surface area contributed by atoms with Crippen LogP contribution < -0.4 is 10.1 Å². The number of esters is 1. The number of carbonyl (C=O) groups excluding carboxylic acids is 3. The monoisotopic (exact) mass is 604 g/mol. The van der Waals surface area contributed by atoms with E-state index in [1.54, 1.807) is 12.1 Å². The van der Waals surface area contributed by atoms with Crippen LogP contribution in [-0.2, 0) is 19.9 Å². The van der Waals surface area contributed by atoms with E-state index < -0.39 is 17.2 Å². The van der Waals surface area contributed by atoms with Gasteiger partial charge in [-0.3, -0.25) is 9.59 Å². The SMILES string of the molecule is COc1cc(NC(=O)CCN(C)C2CCC(C)(OC(=O)C(O)(c3cccs3)c3cccs3)CC2)c(Cl)cc1C=O. The number of methoxy groups -OCH3 is 1. The highest BCUT2D eigenvalue weighted by Crippen LogP contribution is 2.40. The molecule has 0 radical (unpaired) electrons. The van der Waals surface area contributed by atoms with Crippen molar-refractivity contribution in [3.05, 3.63) is 67.5 Å². The number of halogens is 1. The summed E-state index contributed by atoms with van der Waals surface area (Å²) >= 11 is 8.87. The molecule has 1 aliphatic carbocycles. The molecule has 1 aliphatic rings. The number of anilines is 1. The molecule has 4 rings (SSSR count). The summed E-state index contributed by atoms with van der Waals surface area (Å²) in [6.07, 6.45) is 3.76. The fourth-order valence-electron chi connectivity index (χ4n) is 4.95. The molecule has 8 nitrogen and oxygen atoms in total. The summed E-state index contributed by atoms with van der Waals surface area (Å²) in [5, 5.41) is 18.3. The number of hydrogen-bond acceptors (Lipinski definition) is 9. The predicted molar refractivity (Wildman–Crippen MR) is 158 cm³/mol. The molecule has 2 N–H and O–H groups in total. The van der Waals surface area contributed by atoms with Crippen LogP contribution in [0.25, 0.3) is 0 Å². The van der Waals surface area contributed by atoms with Crippen LogP contribution in [0.15, 0.2) is 47.2 Å². The van der Waals surface area contributed by atoms with Gasteiger partial charge in [-0.05, 0) is 68.6 Å². The fourth-order valence-corrected chi connectivity index (χ4v) is 6.89. The number of thiophene rings is 2. The maximum atomic E-state index is 13.4. The van der Waals surface area contributed by atoms with Gasteiger partial charge in [-0.1, -0.05) is 23.7 Å². The van der Waals surface area contributed by atoms with Gasteiger partial charge in [-0.2, -0.15) is 0 Å². The van der Waals surface area contributed by atoms with E-state index in [2.05, 4.69) is 10.2 Å². The van der Waals surface area contributed by atoms with E-state index in [0.29, 0.717) is 52.4 Å². The first-order chi connectivity index (χ1) is 19.1. The van der Waals surface area contributed by atoms with Crippen LogP contribution in [0.2, 0.25) is 5.02 Å². The Hall–Kier alpha value is -2.76. The van der Waals surface area contributed by atoms with Crippen LogP contribution in [0.1, 0.15) is 59.1 Å². The summed E-state index contributed by atoms with van der Waals surface area (Å²) in [6.45, 7) is 2.45. The van der Waals surface area contributed by atoms with Crippen molar-refractivity contribution in [3.8, 4) is 5.75 Å². The van der Waals surface area contributed by atoms with E-state index in [4.69, 9.17) is 21.1 Å². The van der Waals surface area contributed by atoms with Crippen LogP contribution in [-0.4, -0.2) is 60.5 Å². The maximum absolute atomic E-state index is 13.4. The molecule has 11 heteroatoms. The molecule has 2 heterocycles. The van der Waals surface area contributed by atoms with Gasteiger partial charge in [0.05, 0.1) is 33.1 Å². The molecule has 3 aromatic rings. The average Bonchev–Trinajstić information content (AvgIpc) is 3.68. The van der Waals surface area contributed by atoms with Crippen molar-refractivity contribution in [2.75, 3.05) is 26.0 Å². The second-order valence-electron chi connectivity index (χ2n) is 10.2. The number of aliphatic hydroxyl groups is 1. The van der Waals surface area contributed by atoms with Gasteiger partial charge in [0.2, 0.25) is 11.5 Å². The minimum absolute atomic E-state index is 0.203. The molecule has 0 spiro atoms. The van der Waals surface area contributed by atoms with E-state index >= 15 is 0 Å². The van der Waals surface area contributed by atoms with E-state index in [-0.39, 0.29) is 23.4 Å². The number of benzene rings is 1. The number of nitrogens with zero attached hydrogens (tertiary/aromatic N) is 1. The van der Waals surface area contributed by atoms with E-state index in [0.717, 1.165) is 12.8 Å². The largest absolute Gasteiger partial charge is 0.496 e. The average molecular weight is 605 g/mol. The highest BCUT2D eigenvalue weighted by molar-refractivity contribution is 7.12. The van der Waals surface area contributed by atoms with Crippen molar-refractivity contribution in [3.63, 3.8) is 0 Å². The Balaban J connectivity index is 1.30. The lowest BCUT2D eigenvalue weighted by Gasteiger charge is -2.41. The molecular formula is C29H33ClN2O6S2. The molecule has 40 heavy (non-hydrogen) atoms. The van der Waals surface area contributed by atoms with Crippen LogP contribution in [0.5, 0.6) is 5.75 Å². The van der Waals surface area contributed by atoms with Crippen molar-refractivity contribution < 1.29 is 29.0 Å². The summed E-state index contributed by atoms with van der Waals surface area (Å²) in [5.74, 6) is -0.521. The molecule has 1 aromatic carbocycles. The summed E-state index contributed by atoms with van der Waals surface area (Å²) in [4.78, 5) is 40.4. The lowest BCUT2D eigenvalue weighted by atomic mass is 9.82. The highest BCUT2D eigenvalue weighted by atomic mass is 35.5. The molecule has 0 unspecified atom stereocenters. The quantitative estimate of drug-likeness (QED) is 0.213. The van der Waals surface area contributed by atoms with E-state index in [1.807, 2.05) is 36.9 Å². The van der Waals surface area contributed by atoms with Gasteiger partial charge in [0.25, 0.3) is 0 Å². The molecule has 0 saturated heterocycles. The van der Waals surface area contributed by atoms with Gasteiger partial charge in [-0.15, -0.1) is 22.7 Å². The number of carbonyl (C=O) groups is 3. The Morgan fingerprint density at radius 3 is 2.35 bits per heavy atom. The molecule has 2 aromatic heterocycles. The second kappa shape index (κ2) is 12.8. The van der Waals surface area contributed by atoms with Crippen molar-refractivity contribution in [2.24, 2.45) is 0 Å². The van der Waals surface area contributed by atoms with Crippen LogP contribution in [0, 0.1) is 0 Å².